The van der Waals surface area contributed by atoms with E-state index in [0.29, 0.717) is 49.6 Å². The van der Waals surface area contributed by atoms with Gasteiger partial charge < -0.3 is 44.0 Å². The Kier molecular flexibility index (Phi) is 14.0. The fraction of sp³-hybridized carbons (Fsp3) is 0.612. The standard InChI is InChI=1S/C49H64N2O15/c1-28-33(61-43(56)38(53)37(30-16-12-10-13-17-30)50-44(57)64-45(3,4)5)27-48(58)41(62-42(55)31-18-14-11-15-19-31)39-47(8,34(59-9)26-35-49(39,66-65-35)63-29(2)52)40(54)32(36(28)46(48,6)7)20-21-51-22-24-60-25-23-51/h10-19,32-35,37-39,41,53,58H,20-27H2,1-9H3,(H,50,57)/t32-,33+,34+,35-,37+,38-,39+,41+,47-,48-,49-/m1/s1. The summed E-state index contributed by atoms with van der Waals surface area (Å²) in [5.41, 5.74) is -4.93. The lowest BCUT2D eigenvalue weighted by Gasteiger charge is -2.66. The largest absolute Gasteiger partial charge is 0.456 e. The monoisotopic (exact) mass is 920 g/mol. The molecule has 2 bridgehead atoms. The first-order chi connectivity index (χ1) is 31.1. The van der Waals surface area contributed by atoms with E-state index in [0.717, 1.165) is 0 Å². The number of methoxy groups -OCH3 is 1. The van der Waals surface area contributed by atoms with Gasteiger partial charge in [-0.25, -0.2) is 19.3 Å². The zero-order valence-corrected chi connectivity index (χ0v) is 39.2. The van der Waals surface area contributed by atoms with E-state index in [2.05, 4.69) is 10.2 Å². The second kappa shape index (κ2) is 18.7. The molecule has 360 valence electrons. The SMILES string of the molecule is CO[C@H]1C[C@H]2OO[C@@]2(OC(C)=O)[C@H]2[C@H](OC(=O)c3ccccc3)[C@]3(O)C[C@H](OC(=O)[C@H](O)[C@@H](NC(=O)OC(C)(C)C)c4ccccc4)C(C)=C([C@@H](CCN4CCOCC4)C(=O)[C@]12C)C3(C)C. The van der Waals surface area contributed by atoms with Crippen LogP contribution >= 0.6 is 0 Å². The van der Waals surface area contributed by atoms with Gasteiger partial charge in [-0.1, -0.05) is 62.4 Å². The summed E-state index contributed by atoms with van der Waals surface area (Å²) < 4.78 is 36.2. The fourth-order valence-corrected chi connectivity index (χ4v) is 11.1. The maximum absolute atomic E-state index is 16.2. The Morgan fingerprint density at radius 3 is 2.18 bits per heavy atom. The lowest BCUT2D eigenvalue weighted by Crippen LogP contribution is -2.81. The highest BCUT2D eigenvalue weighted by molar-refractivity contribution is 5.92. The number of Topliss-reactive ketones (excluding diaryl/α,β-unsaturated/α-hetero) is 1. The van der Waals surface area contributed by atoms with E-state index in [9.17, 15) is 29.4 Å². The number of ketones is 1. The normalized spacial score (nSPS) is 32.7. The summed E-state index contributed by atoms with van der Waals surface area (Å²) in [4.78, 5) is 85.2. The van der Waals surface area contributed by atoms with Gasteiger partial charge in [0.1, 0.15) is 29.2 Å². The van der Waals surface area contributed by atoms with Crippen molar-refractivity contribution in [3.05, 3.63) is 82.9 Å². The molecule has 0 radical (unpaired) electrons. The van der Waals surface area contributed by atoms with Crippen molar-refractivity contribution < 1.29 is 72.4 Å². The third-order valence-corrected chi connectivity index (χ3v) is 14.4. The highest BCUT2D eigenvalue weighted by Crippen LogP contribution is 2.66. The minimum absolute atomic E-state index is 0.0376. The zero-order chi connectivity index (χ0) is 48.0. The molecule has 3 aliphatic carbocycles. The first kappa shape index (κ1) is 49.2. The van der Waals surface area contributed by atoms with Crippen LogP contribution in [0.3, 0.4) is 0 Å². The maximum atomic E-state index is 16.2. The molecule has 2 saturated carbocycles. The van der Waals surface area contributed by atoms with Crippen molar-refractivity contribution in [1.82, 2.24) is 10.2 Å². The molecule has 4 fully saturated rings. The van der Waals surface area contributed by atoms with Gasteiger partial charge in [-0.15, -0.1) is 0 Å². The van der Waals surface area contributed by atoms with E-state index in [-0.39, 0.29) is 24.2 Å². The number of alkyl carbamates (subject to hydrolysis) is 1. The number of rotatable bonds is 12. The number of ether oxygens (including phenoxy) is 6. The number of morpholine rings is 1. The van der Waals surface area contributed by atoms with E-state index >= 15 is 4.79 Å². The molecular formula is C49H64N2O15. The van der Waals surface area contributed by atoms with Gasteiger partial charge in [-0.3, -0.25) is 14.5 Å². The number of aliphatic hydroxyl groups is 2. The van der Waals surface area contributed by atoms with Crippen molar-refractivity contribution in [2.45, 2.75) is 128 Å². The molecule has 11 atom stereocenters. The average Bonchev–Trinajstić information content (AvgIpc) is 3.26. The van der Waals surface area contributed by atoms with Crippen LogP contribution in [-0.2, 0) is 52.6 Å². The van der Waals surface area contributed by atoms with Crippen LogP contribution < -0.4 is 5.32 Å². The van der Waals surface area contributed by atoms with Gasteiger partial charge in [0.25, 0.3) is 5.79 Å². The number of hydrogen-bond acceptors (Lipinski definition) is 16. The van der Waals surface area contributed by atoms with Gasteiger partial charge >= 0.3 is 24.0 Å². The molecule has 5 aliphatic rings. The first-order valence-electron chi connectivity index (χ1n) is 22.6. The Balaban J connectivity index is 1.40. The predicted molar refractivity (Wildman–Crippen MR) is 234 cm³/mol. The molecule has 7 rings (SSSR count). The molecule has 0 aromatic heterocycles. The molecule has 2 aliphatic heterocycles. The Hall–Kier alpha value is -4.75. The number of fused-ring (bicyclic) bond motifs is 5. The lowest BCUT2D eigenvalue weighted by atomic mass is 9.45. The number of carbonyl (C=O) groups excluding carboxylic acids is 5. The Labute approximate surface area is 385 Å². The molecule has 3 N–H and O–H groups in total. The van der Waals surface area contributed by atoms with Crippen LogP contribution in [0, 0.1) is 22.7 Å². The van der Waals surface area contributed by atoms with Crippen molar-refractivity contribution in [2.24, 2.45) is 22.7 Å². The smallest absolute Gasteiger partial charge is 0.408 e. The number of benzene rings is 2. The van der Waals surface area contributed by atoms with Crippen LogP contribution in [0.15, 0.2) is 71.8 Å². The van der Waals surface area contributed by atoms with Crippen LogP contribution in [0.1, 0.15) is 96.6 Å². The minimum atomic E-state index is -2.26. The van der Waals surface area contributed by atoms with Gasteiger partial charge in [0.05, 0.1) is 42.3 Å². The Bertz CT molecular complexity index is 2170. The van der Waals surface area contributed by atoms with Gasteiger partial charge in [0.15, 0.2) is 12.2 Å². The molecule has 17 nitrogen and oxygen atoms in total. The molecule has 17 heteroatoms. The number of nitrogens with one attached hydrogen (secondary N) is 1. The second-order valence-corrected chi connectivity index (χ2v) is 19.8. The molecule has 66 heavy (non-hydrogen) atoms. The van der Waals surface area contributed by atoms with E-state index in [1.54, 1.807) is 97.0 Å². The summed E-state index contributed by atoms with van der Waals surface area (Å²) in [7, 11) is 1.45. The molecule has 2 aromatic rings. The molecule has 0 unspecified atom stereocenters. The second-order valence-electron chi connectivity index (χ2n) is 19.8. The highest BCUT2D eigenvalue weighted by atomic mass is 17.3. The Morgan fingerprint density at radius 2 is 1.61 bits per heavy atom. The molecule has 2 saturated heterocycles. The van der Waals surface area contributed by atoms with Gasteiger partial charge in [-0.2, -0.15) is 4.89 Å². The summed E-state index contributed by atoms with van der Waals surface area (Å²) in [6, 6.07) is 15.1. The van der Waals surface area contributed by atoms with Crippen LogP contribution in [-0.4, -0.2) is 132 Å². The van der Waals surface area contributed by atoms with Gasteiger partial charge in [0, 0.05) is 51.3 Å². The van der Waals surface area contributed by atoms with E-state index < -0.39 is 107 Å². The van der Waals surface area contributed by atoms with Crippen LogP contribution in [0.2, 0.25) is 0 Å². The van der Waals surface area contributed by atoms with Crippen molar-refractivity contribution >= 4 is 29.8 Å². The van der Waals surface area contributed by atoms with Gasteiger partial charge in [-0.05, 0) is 76.4 Å². The van der Waals surface area contributed by atoms with Crippen molar-refractivity contribution in [2.75, 3.05) is 40.0 Å². The summed E-state index contributed by atoms with van der Waals surface area (Å²) in [6.07, 6.45) is -8.12. The summed E-state index contributed by atoms with van der Waals surface area (Å²) in [5, 5.41) is 28.5. The third-order valence-electron chi connectivity index (χ3n) is 14.4. The minimum Gasteiger partial charge on any atom is -0.456 e. The zero-order valence-electron chi connectivity index (χ0n) is 39.2. The first-order valence-corrected chi connectivity index (χ1v) is 22.6. The van der Waals surface area contributed by atoms with E-state index in [4.69, 9.17) is 38.2 Å². The van der Waals surface area contributed by atoms with Crippen molar-refractivity contribution in [3.8, 4) is 0 Å². The number of aliphatic hydroxyl groups excluding tert-OH is 1. The van der Waals surface area contributed by atoms with E-state index in [1.165, 1.54) is 26.2 Å². The topological polar surface area (TPSA) is 215 Å². The molecular weight excluding hydrogens is 857 g/mol. The number of carbonyl (C=O) groups is 5. The van der Waals surface area contributed by atoms with Crippen LogP contribution in [0.25, 0.3) is 0 Å². The molecule has 2 heterocycles. The molecule has 0 spiro atoms. The van der Waals surface area contributed by atoms with Crippen LogP contribution in [0.5, 0.6) is 0 Å². The number of amides is 1. The summed E-state index contributed by atoms with van der Waals surface area (Å²) in [5.74, 6) is -7.72. The van der Waals surface area contributed by atoms with Crippen molar-refractivity contribution in [3.63, 3.8) is 0 Å². The van der Waals surface area contributed by atoms with Crippen molar-refractivity contribution in [1.29, 1.82) is 0 Å². The fourth-order valence-electron chi connectivity index (χ4n) is 11.1. The summed E-state index contributed by atoms with van der Waals surface area (Å²) in [6.45, 7) is 15.8. The highest BCUT2D eigenvalue weighted by Gasteiger charge is 2.80. The number of hydrogen-bond donors (Lipinski definition) is 3. The number of esters is 3. The van der Waals surface area contributed by atoms with Gasteiger partial charge in [0.2, 0.25) is 0 Å². The lowest BCUT2D eigenvalue weighted by molar-refractivity contribution is -0.595. The average molecular weight is 921 g/mol. The molecule has 1 amide bonds. The summed E-state index contributed by atoms with van der Waals surface area (Å²) >= 11 is 0. The predicted octanol–water partition coefficient (Wildman–Crippen LogP) is 4.78. The quantitative estimate of drug-likeness (QED) is 0.113. The van der Waals surface area contributed by atoms with Crippen LogP contribution in [0.4, 0.5) is 4.79 Å². The number of nitrogens with zero attached hydrogens (tertiary/aromatic N) is 1. The third kappa shape index (κ3) is 8.91. The maximum Gasteiger partial charge on any atom is 0.408 e. The van der Waals surface area contributed by atoms with E-state index in [1.807, 2.05) is 0 Å². The Morgan fingerprint density at radius 1 is 0.970 bits per heavy atom. The molecule has 2 aromatic carbocycles.